The molecule has 0 saturated heterocycles. The average Bonchev–Trinajstić information content (AvgIpc) is 2.71. The van der Waals surface area contributed by atoms with Gasteiger partial charge in [-0.15, -0.1) is 0 Å². The smallest absolute Gasteiger partial charge is 0.264 e. The Morgan fingerprint density at radius 3 is 2.50 bits per heavy atom. The number of carbonyl (C=O) groups excluding carboxylic acids is 1. The molecular formula is C20H24N4O3S. The van der Waals surface area contributed by atoms with Crippen molar-refractivity contribution in [3.8, 4) is 6.07 Å². The lowest BCUT2D eigenvalue weighted by Crippen LogP contribution is -2.33. The van der Waals surface area contributed by atoms with Gasteiger partial charge >= 0.3 is 0 Å². The van der Waals surface area contributed by atoms with E-state index in [1.165, 1.54) is 23.5 Å². The molecule has 0 aliphatic heterocycles. The number of hydrogen-bond donors (Lipinski definition) is 1. The second-order valence-corrected chi connectivity index (χ2v) is 8.13. The van der Waals surface area contributed by atoms with Crippen LogP contribution < -0.4 is 9.62 Å². The Kier molecular flexibility index (Phi) is 7.55. The van der Waals surface area contributed by atoms with Crippen LogP contribution in [-0.2, 0) is 14.8 Å². The van der Waals surface area contributed by atoms with E-state index >= 15 is 0 Å². The summed E-state index contributed by atoms with van der Waals surface area (Å²) in [6.07, 6.45) is 0.348. The topological polar surface area (TPSA) is 93.5 Å². The first-order valence-electron chi connectivity index (χ1n) is 8.91. The number of sulfonamides is 1. The van der Waals surface area contributed by atoms with Crippen LogP contribution in [0.3, 0.4) is 0 Å². The van der Waals surface area contributed by atoms with Gasteiger partial charge in [-0.25, -0.2) is 8.42 Å². The van der Waals surface area contributed by atoms with Gasteiger partial charge < -0.3 is 5.32 Å². The van der Waals surface area contributed by atoms with Crippen LogP contribution in [0.2, 0.25) is 0 Å². The molecule has 0 aliphatic rings. The predicted molar refractivity (Wildman–Crippen MR) is 109 cm³/mol. The Labute approximate surface area is 166 Å². The molecule has 0 atom stereocenters. The first kappa shape index (κ1) is 21.4. The molecule has 2 aromatic carbocycles. The van der Waals surface area contributed by atoms with Crippen molar-refractivity contribution < 1.29 is 13.2 Å². The number of hydrogen-bond acceptors (Lipinski definition) is 5. The van der Waals surface area contributed by atoms with Crippen molar-refractivity contribution >= 4 is 27.3 Å². The van der Waals surface area contributed by atoms with Crippen LogP contribution in [0.4, 0.5) is 11.4 Å². The Morgan fingerprint density at radius 1 is 1.14 bits per heavy atom. The quantitative estimate of drug-likeness (QED) is 0.698. The summed E-state index contributed by atoms with van der Waals surface area (Å²) in [5.41, 5.74) is 0.955. The van der Waals surface area contributed by atoms with Crippen LogP contribution >= 0.6 is 0 Å². The maximum atomic E-state index is 12.9. The third kappa shape index (κ3) is 5.55. The SMILES string of the molecule is CCN(CCC#N)CC(=O)Nc1cccc(S(=O)(=O)N(C)c2ccccc2)c1. The molecule has 1 N–H and O–H groups in total. The molecule has 0 radical (unpaired) electrons. The largest absolute Gasteiger partial charge is 0.325 e. The van der Waals surface area contributed by atoms with Gasteiger partial charge in [0.25, 0.3) is 10.0 Å². The predicted octanol–water partition coefficient (Wildman–Crippen LogP) is 2.69. The maximum absolute atomic E-state index is 12.9. The summed E-state index contributed by atoms with van der Waals surface area (Å²) >= 11 is 0. The molecule has 1 amide bonds. The molecule has 28 heavy (non-hydrogen) atoms. The van der Waals surface area contributed by atoms with E-state index in [0.717, 1.165) is 0 Å². The number of nitrogens with one attached hydrogen (secondary N) is 1. The number of nitrogens with zero attached hydrogens (tertiary/aromatic N) is 3. The highest BCUT2D eigenvalue weighted by molar-refractivity contribution is 7.92. The Balaban J connectivity index is 2.13. The van der Waals surface area contributed by atoms with Crippen LogP contribution in [0, 0.1) is 11.3 Å². The highest BCUT2D eigenvalue weighted by Crippen LogP contribution is 2.23. The Hall–Kier alpha value is -2.89. The molecule has 148 valence electrons. The van der Waals surface area contributed by atoms with Crippen LogP contribution in [0.5, 0.6) is 0 Å². The lowest BCUT2D eigenvalue weighted by Gasteiger charge is -2.20. The van der Waals surface area contributed by atoms with E-state index in [1.54, 1.807) is 36.4 Å². The summed E-state index contributed by atoms with van der Waals surface area (Å²) in [5, 5.41) is 11.4. The number of amides is 1. The van der Waals surface area contributed by atoms with Crippen molar-refractivity contribution in [2.75, 3.05) is 36.3 Å². The Morgan fingerprint density at radius 2 is 1.86 bits per heavy atom. The molecule has 0 heterocycles. The molecule has 2 rings (SSSR count). The van der Waals surface area contributed by atoms with E-state index in [1.807, 2.05) is 17.9 Å². The number of carbonyl (C=O) groups is 1. The van der Waals surface area contributed by atoms with E-state index in [-0.39, 0.29) is 17.3 Å². The van der Waals surface area contributed by atoms with Gasteiger partial charge in [0, 0.05) is 25.7 Å². The number of nitriles is 1. The number of para-hydroxylation sites is 1. The zero-order valence-electron chi connectivity index (χ0n) is 16.0. The maximum Gasteiger partial charge on any atom is 0.264 e. The van der Waals surface area contributed by atoms with Gasteiger partial charge in [-0.3, -0.25) is 14.0 Å². The second kappa shape index (κ2) is 9.88. The first-order chi connectivity index (χ1) is 13.4. The third-order valence-electron chi connectivity index (χ3n) is 4.25. The van der Waals surface area contributed by atoms with Crippen molar-refractivity contribution in [1.82, 2.24) is 4.90 Å². The lowest BCUT2D eigenvalue weighted by atomic mass is 10.3. The summed E-state index contributed by atoms with van der Waals surface area (Å²) in [7, 11) is -2.26. The lowest BCUT2D eigenvalue weighted by molar-refractivity contribution is -0.117. The van der Waals surface area contributed by atoms with Gasteiger partial charge in [0.05, 0.1) is 23.2 Å². The van der Waals surface area contributed by atoms with Crippen molar-refractivity contribution in [2.24, 2.45) is 0 Å². The van der Waals surface area contributed by atoms with Gasteiger partial charge in [-0.2, -0.15) is 5.26 Å². The molecule has 0 saturated carbocycles. The minimum Gasteiger partial charge on any atom is -0.325 e. The van der Waals surface area contributed by atoms with E-state index in [0.29, 0.717) is 30.9 Å². The minimum absolute atomic E-state index is 0.0912. The highest BCUT2D eigenvalue weighted by atomic mass is 32.2. The molecule has 0 fully saturated rings. The Bertz CT molecular complexity index is 939. The van der Waals surface area contributed by atoms with Gasteiger partial charge in [0.2, 0.25) is 5.91 Å². The molecule has 7 nitrogen and oxygen atoms in total. The fourth-order valence-corrected chi connectivity index (χ4v) is 3.87. The number of likely N-dealkylation sites (N-methyl/N-ethyl adjacent to an activating group) is 1. The van der Waals surface area contributed by atoms with Crippen LogP contribution in [0.15, 0.2) is 59.5 Å². The third-order valence-corrected chi connectivity index (χ3v) is 6.03. The zero-order chi connectivity index (χ0) is 20.6. The molecule has 2 aromatic rings. The van der Waals surface area contributed by atoms with E-state index in [2.05, 4.69) is 11.4 Å². The van der Waals surface area contributed by atoms with Crippen molar-refractivity contribution in [3.05, 3.63) is 54.6 Å². The van der Waals surface area contributed by atoms with Gasteiger partial charge in [0.15, 0.2) is 0 Å². The normalized spacial score (nSPS) is 11.1. The second-order valence-electron chi connectivity index (χ2n) is 6.16. The fourth-order valence-electron chi connectivity index (χ4n) is 2.63. The number of rotatable bonds is 9. The van der Waals surface area contributed by atoms with E-state index in [9.17, 15) is 13.2 Å². The van der Waals surface area contributed by atoms with E-state index in [4.69, 9.17) is 5.26 Å². The highest BCUT2D eigenvalue weighted by Gasteiger charge is 2.21. The van der Waals surface area contributed by atoms with Crippen molar-refractivity contribution in [1.29, 1.82) is 5.26 Å². The van der Waals surface area contributed by atoms with Crippen molar-refractivity contribution in [3.63, 3.8) is 0 Å². The van der Waals surface area contributed by atoms with Crippen LogP contribution in [0.25, 0.3) is 0 Å². The molecule has 0 unspecified atom stereocenters. The summed E-state index contributed by atoms with van der Waals surface area (Å²) in [4.78, 5) is 14.2. The molecule has 0 aromatic heterocycles. The van der Waals surface area contributed by atoms with Gasteiger partial charge in [0.1, 0.15) is 0 Å². The standard InChI is InChI=1S/C20H24N4O3S/c1-3-24(14-8-13-21)16-20(25)22-17-9-7-12-19(15-17)28(26,27)23(2)18-10-5-4-6-11-18/h4-7,9-12,15H,3,8,14,16H2,1-2H3,(H,22,25). The number of anilines is 2. The molecular weight excluding hydrogens is 376 g/mol. The molecule has 0 bridgehead atoms. The summed E-state index contributed by atoms with van der Waals surface area (Å²) in [6.45, 7) is 3.21. The van der Waals surface area contributed by atoms with Crippen LogP contribution in [-0.4, -0.2) is 45.9 Å². The molecule has 8 heteroatoms. The molecule has 0 spiro atoms. The van der Waals surface area contributed by atoms with Gasteiger partial charge in [-0.1, -0.05) is 31.2 Å². The summed E-state index contributed by atoms with van der Waals surface area (Å²) in [5.74, 6) is -0.259. The summed E-state index contributed by atoms with van der Waals surface area (Å²) in [6, 6.07) is 17.0. The van der Waals surface area contributed by atoms with Crippen LogP contribution in [0.1, 0.15) is 13.3 Å². The molecule has 0 aliphatic carbocycles. The van der Waals surface area contributed by atoms with Crippen molar-refractivity contribution in [2.45, 2.75) is 18.2 Å². The fraction of sp³-hybridized carbons (Fsp3) is 0.300. The zero-order valence-corrected chi connectivity index (χ0v) is 16.8. The summed E-state index contributed by atoms with van der Waals surface area (Å²) < 4.78 is 27.0. The average molecular weight is 401 g/mol. The number of benzene rings is 2. The monoisotopic (exact) mass is 400 g/mol. The first-order valence-corrected chi connectivity index (χ1v) is 10.4. The minimum atomic E-state index is -3.75. The van der Waals surface area contributed by atoms with E-state index < -0.39 is 10.0 Å². The van der Waals surface area contributed by atoms with Gasteiger partial charge in [-0.05, 0) is 36.9 Å².